The molecule has 1 heterocycles. The molecule has 1 aliphatic heterocycles. The van der Waals surface area contributed by atoms with Crippen molar-refractivity contribution in [1.29, 1.82) is 0 Å². The van der Waals surface area contributed by atoms with Crippen LogP contribution in [0, 0.1) is 11.8 Å². The molecule has 1 saturated heterocycles. The number of hydrogen-bond acceptors (Lipinski definition) is 2. The Morgan fingerprint density at radius 2 is 1.58 bits per heavy atom. The van der Waals surface area contributed by atoms with Gasteiger partial charge in [0, 0.05) is 12.3 Å². The molecule has 2 heteroatoms. The first kappa shape index (κ1) is 7.34. The summed E-state index contributed by atoms with van der Waals surface area (Å²) in [6.45, 7) is 1.65. The fourth-order valence-corrected chi connectivity index (χ4v) is 3.20. The fourth-order valence-electron chi connectivity index (χ4n) is 3.20. The highest BCUT2D eigenvalue weighted by Gasteiger charge is 2.51. The zero-order valence-electron chi connectivity index (χ0n) is 7.42. The maximum Gasteiger partial charge on any atom is 0.171 e. The third kappa shape index (κ3) is 0.882. The highest BCUT2D eigenvalue weighted by Crippen LogP contribution is 2.51. The quantitative estimate of drug-likeness (QED) is 0.550. The first-order valence-electron chi connectivity index (χ1n) is 5.17. The minimum absolute atomic E-state index is 0.110. The van der Waals surface area contributed by atoms with Crippen LogP contribution in [0.1, 0.15) is 32.1 Å². The van der Waals surface area contributed by atoms with Gasteiger partial charge >= 0.3 is 0 Å². The molecule has 0 unspecified atom stereocenters. The van der Waals surface area contributed by atoms with Crippen molar-refractivity contribution in [2.75, 3.05) is 13.2 Å². The van der Waals surface area contributed by atoms with E-state index >= 15 is 0 Å². The molecule has 0 radical (unpaired) electrons. The molecule has 4 fully saturated rings. The van der Waals surface area contributed by atoms with E-state index in [9.17, 15) is 0 Å². The van der Waals surface area contributed by atoms with Crippen molar-refractivity contribution in [1.82, 2.24) is 0 Å². The summed E-state index contributed by atoms with van der Waals surface area (Å²) >= 11 is 0. The maximum absolute atomic E-state index is 5.79. The van der Waals surface area contributed by atoms with Crippen LogP contribution in [0.25, 0.3) is 0 Å². The molecular weight excluding hydrogens is 152 g/mol. The van der Waals surface area contributed by atoms with E-state index in [1.165, 1.54) is 32.1 Å². The summed E-state index contributed by atoms with van der Waals surface area (Å²) < 4.78 is 11.6. The summed E-state index contributed by atoms with van der Waals surface area (Å²) in [5.74, 6) is 1.50. The molecule has 3 saturated carbocycles. The molecule has 0 amide bonds. The molecule has 0 aromatic carbocycles. The van der Waals surface area contributed by atoms with E-state index in [2.05, 4.69) is 0 Å². The van der Waals surface area contributed by atoms with Crippen molar-refractivity contribution < 1.29 is 9.47 Å². The Kier molecular flexibility index (Phi) is 1.50. The topological polar surface area (TPSA) is 18.5 Å². The SMILES string of the molecule is C1COC2(CC3CCC2CC3)O1. The van der Waals surface area contributed by atoms with Crippen molar-refractivity contribution in [3.05, 3.63) is 0 Å². The zero-order valence-corrected chi connectivity index (χ0v) is 7.42. The standard InChI is InChI=1S/C10H16O2/c1-3-9-4-2-8(1)7-10(9)11-5-6-12-10/h8-9H,1-7H2. The average molecular weight is 168 g/mol. The van der Waals surface area contributed by atoms with Gasteiger partial charge in [-0.25, -0.2) is 0 Å². The van der Waals surface area contributed by atoms with E-state index in [1.807, 2.05) is 0 Å². The van der Waals surface area contributed by atoms with Gasteiger partial charge in [-0.2, -0.15) is 0 Å². The van der Waals surface area contributed by atoms with Crippen molar-refractivity contribution in [3.8, 4) is 0 Å². The smallest absolute Gasteiger partial charge is 0.171 e. The zero-order chi connectivity index (χ0) is 8.02. The molecule has 0 atom stereocenters. The predicted molar refractivity (Wildman–Crippen MR) is 44.7 cm³/mol. The Labute approximate surface area is 73.2 Å². The van der Waals surface area contributed by atoms with Gasteiger partial charge in [0.2, 0.25) is 0 Å². The first-order valence-corrected chi connectivity index (χ1v) is 5.17. The lowest BCUT2D eigenvalue weighted by atomic mass is 9.67. The Bertz CT molecular complexity index is 176. The summed E-state index contributed by atoms with van der Waals surface area (Å²) in [4.78, 5) is 0. The molecule has 2 bridgehead atoms. The molecule has 4 aliphatic rings. The molecule has 12 heavy (non-hydrogen) atoms. The van der Waals surface area contributed by atoms with Gasteiger partial charge in [0.25, 0.3) is 0 Å². The second-order valence-corrected chi connectivity index (χ2v) is 4.43. The highest BCUT2D eigenvalue weighted by molar-refractivity contribution is 4.94. The number of hydrogen-bond donors (Lipinski definition) is 0. The van der Waals surface area contributed by atoms with E-state index < -0.39 is 0 Å². The van der Waals surface area contributed by atoms with Crippen molar-refractivity contribution in [2.24, 2.45) is 11.8 Å². The summed E-state index contributed by atoms with van der Waals surface area (Å²) in [5, 5.41) is 0. The Hall–Kier alpha value is -0.0800. The van der Waals surface area contributed by atoms with Gasteiger partial charge in [0.15, 0.2) is 5.79 Å². The Morgan fingerprint density at radius 3 is 2.08 bits per heavy atom. The Morgan fingerprint density at radius 1 is 0.917 bits per heavy atom. The Balaban J connectivity index is 1.86. The van der Waals surface area contributed by atoms with Gasteiger partial charge < -0.3 is 9.47 Å². The van der Waals surface area contributed by atoms with E-state index in [-0.39, 0.29) is 5.79 Å². The molecule has 0 aromatic rings. The van der Waals surface area contributed by atoms with Gasteiger partial charge in [-0.05, 0) is 31.6 Å². The maximum atomic E-state index is 5.79. The molecular formula is C10H16O2. The van der Waals surface area contributed by atoms with Crippen LogP contribution < -0.4 is 0 Å². The normalized spacial score (nSPS) is 44.0. The lowest BCUT2D eigenvalue weighted by molar-refractivity contribution is -0.239. The van der Waals surface area contributed by atoms with Crippen LogP contribution in [0.2, 0.25) is 0 Å². The third-order valence-electron chi connectivity index (χ3n) is 3.82. The molecule has 2 nitrogen and oxygen atoms in total. The monoisotopic (exact) mass is 168 g/mol. The van der Waals surface area contributed by atoms with Gasteiger partial charge in [0.05, 0.1) is 13.2 Å². The predicted octanol–water partition coefficient (Wildman–Crippen LogP) is 1.94. The van der Waals surface area contributed by atoms with Gasteiger partial charge in [0.1, 0.15) is 0 Å². The van der Waals surface area contributed by atoms with E-state index in [4.69, 9.17) is 9.47 Å². The highest BCUT2D eigenvalue weighted by atomic mass is 16.7. The van der Waals surface area contributed by atoms with Gasteiger partial charge in [-0.3, -0.25) is 0 Å². The number of ether oxygens (including phenoxy) is 2. The lowest BCUT2D eigenvalue weighted by Crippen LogP contribution is -2.48. The first-order chi connectivity index (χ1) is 5.89. The van der Waals surface area contributed by atoms with Gasteiger partial charge in [-0.15, -0.1) is 0 Å². The van der Waals surface area contributed by atoms with Crippen LogP contribution >= 0.6 is 0 Å². The van der Waals surface area contributed by atoms with Crippen LogP contribution in [0.5, 0.6) is 0 Å². The molecule has 1 spiro atoms. The van der Waals surface area contributed by atoms with E-state index in [1.54, 1.807) is 0 Å². The second kappa shape index (κ2) is 2.46. The molecule has 3 aliphatic carbocycles. The average Bonchev–Trinajstić information content (AvgIpc) is 2.55. The van der Waals surface area contributed by atoms with Crippen LogP contribution in [-0.4, -0.2) is 19.0 Å². The molecule has 68 valence electrons. The fraction of sp³-hybridized carbons (Fsp3) is 1.00. The van der Waals surface area contributed by atoms with Crippen LogP contribution in [0.3, 0.4) is 0 Å². The van der Waals surface area contributed by atoms with Crippen molar-refractivity contribution in [2.45, 2.75) is 37.9 Å². The molecule has 0 N–H and O–H groups in total. The van der Waals surface area contributed by atoms with E-state index in [0.29, 0.717) is 5.92 Å². The summed E-state index contributed by atoms with van der Waals surface area (Å²) in [5.41, 5.74) is 0. The van der Waals surface area contributed by atoms with Crippen molar-refractivity contribution in [3.63, 3.8) is 0 Å². The summed E-state index contributed by atoms with van der Waals surface area (Å²) in [6, 6.07) is 0. The minimum Gasteiger partial charge on any atom is -0.347 e. The molecule has 0 aromatic heterocycles. The third-order valence-corrected chi connectivity index (χ3v) is 3.82. The lowest BCUT2D eigenvalue weighted by Gasteiger charge is -2.47. The van der Waals surface area contributed by atoms with Crippen LogP contribution in [0.15, 0.2) is 0 Å². The number of rotatable bonds is 0. The van der Waals surface area contributed by atoms with Crippen molar-refractivity contribution >= 4 is 0 Å². The summed E-state index contributed by atoms with van der Waals surface area (Å²) in [6.07, 6.45) is 6.69. The minimum atomic E-state index is -0.110. The summed E-state index contributed by atoms with van der Waals surface area (Å²) in [7, 11) is 0. The van der Waals surface area contributed by atoms with Crippen LogP contribution in [-0.2, 0) is 9.47 Å². The molecule has 4 rings (SSSR count). The van der Waals surface area contributed by atoms with Crippen LogP contribution in [0.4, 0.5) is 0 Å². The second-order valence-electron chi connectivity index (χ2n) is 4.43. The number of fused-ring (bicyclic) bond motifs is 2. The van der Waals surface area contributed by atoms with Gasteiger partial charge in [-0.1, -0.05) is 0 Å². The largest absolute Gasteiger partial charge is 0.347 e. The van der Waals surface area contributed by atoms with E-state index in [0.717, 1.165) is 19.1 Å².